The molecule has 0 heterocycles. The molecule has 1 aliphatic carbocycles. The van der Waals surface area contributed by atoms with Crippen LogP contribution in [0.5, 0.6) is 0 Å². The van der Waals surface area contributed by atoms with Crippen molar-refractivity contribution < 1.29 is 19.1 Å². The van der Waals surface area contributed by atoms with Crippen LogP contribution in [0.2, 0.25) is 0 Å². The number of nitrogens with one attached hydrogen (secondary N) is 2. The van der Waals surface area contributed by atoms with E-state index in [0.29, 0.717) is 12.8 Å². The molecule has 0 radical (unpaired) electrons. The van der Waals surface area contributed by atoms with E-state index in [1.165, 1.54) is 6.42 Å². The van der Waals surface area contributed by atoms with Crippen LogP contribution in [0.3, 0.4) is 0 Å². The predicted molar refractivity (Wildman–Crippen MR) is 148 cm³/mol. The molecule has 7 heteroatoms. The Morgan fingerprint density at radius 2 is 1.59 bits per heavy atom. The minimum absolute atomic E-state index is 0.111. The summed E-state index contributed by atoms with van der Waals surface area (Å²) in [6.45, 7) is 15.3. The average Bonchev–Trinajstić information content (AvgIpc) is 2.84. The first-order valence-corrected chi connectivity index (χ1v) is 14.0. The number of rotatable bonds is 10. The van der Waals surface area contributed by atoms with Crippen LogP contribution in [0.4, 0.5) is 4.79 Å². The number of hydrogen-bond acceptors (Lipinski definition) is 4. The molecule has 1 aromatic carbocycles. The van der Waals surface area contributed by atoms with Gasteiger partial charge in [-0.05, 0) is 65.4 Å². The van der Waals surface area contributed by atoms with Crippen LogP contribution >= 0.6 is 0 Å². The quantitative estimate of drug-likeness (QED) is 0.392. The maximum absolute atomic E-state index is 14.4. The predicted octanol–water partition coefficient (Wildman–Crippen LogP) is 6.13. The number of carbonyl (C=O) groups is 3. The van der Waals surface area contributed by atoms with E-state index >= 15 is 0 Å². The molecule has 3 atom stereocenters. The molecule has 2 N–H and O–H groups in total. The third kappa shape index (κ3) is 8.75. The van der Waals surface area contributed by atoms with Crippen LogP contribution < -0.4 is 10.6 Å². The molecule has 3 amide bonds. The Hall–Kier alpha value is -2.57. The van der Waals surface area contributed by atoms with E-state index in [0.717, 1.165) is 31.2 Å². The molecule has 3 unspecified atom stereocenters. The zero-order valence-corrected chi connectivity index (χ0v) is 24.2. The van der Waals surface area contributed by atoms with Crippen molar-refractivity contribution in [3.05, 3.63) is 35.9 Å². The molecule has 0 spiro atoms. The van der Waals surface area contributed by atoms with Crippen molar-refractivity contribution in [2.75, 3.05) is 0 Å². The first kappa shape index (κ1) is 30.7. The Labute approximate surface area is 224 Å². The summed E-state index contributed by atoms with van der Waals surface area (Å²) >= 11 is 0. The fourth-order valence-corrected chi connectivity index (χ4v) is 4.79. The lowest BCUT2D eigenvalue weighted by molar-refractivity contribution is -0.150. The van der Waals surface area contributed by atoms with Crippen LogP contribution in [0.1, 0.15) is 112 Å². The topological polar surface area (TPSA) is 87.7 Å². The number of alkyl carbamates (subject to hydrolysis) is 1. The van der Waals surface area contributed by atoms with Crippen molar-refractivity contribution in [1.82, 2.24) is 15.5 Å². The number of carbonyl (C=O) groups excluding carboxylic acids is 3. The van der Waals surface area contributed by atoms with Gasteiger partial charge in [0.1, 0.15) is 17.7 Å². The van der Waals surface area contributed by atoms with Crippen molar-refractivity contribution in [3.63, 3.8) is 0 Å². The zero-order chi connectivity index (χ0) is 27.8. The highest BCUT2D eigenvalue weighted by Crippen LogP contribution is 2.33. The van der Waals surface area contributed by atoms with E-state index in [9.17, 15) is 14.4 Å². The zero-order valence-electron chi connectivity index (χ0n) is 24.2. The fourth-order valence-electron chi connectivity index (χ4n) is 4.79. The van der Waals surface area contributed by atoms with Crippen molar-refractivity contribution >= 4 is 17.9 Å². The van der Waals surface area contributed by atoms with Gasteiger partial charge in [-0.3, -0.25) is 9.59 Å². The van der Waals surface area contributed by atoms with E-state index in [-0.39, 0.29) is 23.8 Å². The number of amides is 3. The lowest BCUT2D eigenvalue weighted by Gasteiger charge is -2.45. The minimum Gasteiger partial charge on any atom is -0.444 e. The fraction of sp³-hybridized carbons (Fsp3) is 0.700. The lowest BCUT2D eigenvalue weighted by Crippen LogP contribution is -2.61. The van der Waals surface area contributed by atoms with Gasteiger partial charge >= 0.3 is 6.09 Å². The molecule has 1 aliphatic rings. The Kier molecular flexibility index (Phi) is 11.0. The van der Waals surface area contributed by atoms with Crippen LogP contribution in [-0.2, 0) is 14.3 Å². The molecule has 0 aliphatic heterocycles. The lowest BCUT2D eigenvalue weighted by atomic mass is 9.89. The van der Waals surface area contributed by atoms with Gasteiger partial charge in [0.15, 0.2) is 0 Å². The molecule has 2 rings (SSSR count). The van der Waals surface area contributed by atoms with E-state index in [1.807, 2.05) is 65.0 Å². The van der Waals surface area contributed by atoms with Gasteiger partial charge in [0.2, 0.25) is 11.8 Å². The normalized spacial score (nSPS) is 17.3. The molecule has 1 fully saturated rings. The first-order valence-electron chi connectivity index (χ1n) is 14.0. The third-order valence-electron chi connectivity index (χ3n) is 7.48. The number of ether oxygens (including phenoxy) is 1. The number of benzene rings is 1. The second kappa shape index (κ2) is 13.3. The second-order valence-electron chi connectivity index (χ2n) is 12.0. The summed E-state index contributed by atoms with van der Waals surface area (Å²) in [6.07, 6.45) is 5.97. The summed E-state index contributed by atoms with van der Waals surface area (Å²) in [6, 6.07) is 7.94. The number of nitrogens with zero attached hydrogens (tertiary/aromatic N) is 1. The van der Waals surface area contributed by atoms with Gasteiger partial charge in [0, 0.05) is 11.6 Å². The molecule has 1 aromatic rings. The Morgan fingerprint density at radius 3 is 2.11 bits per heavy atom. The SMILES string of the molecule is CCC(C)C(NC(=O)OC(C)(C)C)C(=O)N(C(C(=O)NC1CCCCC1)c1ccccc1)C(C)(C)CC. The molecule has 1 saturated carbocycles. The standard InChI is InChI=1S/C30H49N3O4/c1-9-21(3)24(32-28(36)37-29(4,5)6)27(35)33(30(7,8)10-2)25(22-17-13-11-14-18-22)26(34)31-23-19-15-12-16-20-23/h11,13-14,17-18,21,23-25H,9-10,12,15-16,19-20H2,1-8H3,(H,31,34)(H,32,36). The molecule has 0 bridgehead atoms. The van der Waals surface area contributed by atoms with E-state index in [2.05, 4.69) is 10.6 Å². The van der Waals surface area contributed by atoms with Gasteiger partial charge in [-0.25, -0.2) is 4.79 Å². The molecule has 0 aromatic heterocycles. The van der Waals surface area contributed by atoms with E-state index < -0.39 is 29.3 Å². The van der Waals surface area contributed by atoms with E-state index in [1.54, 1.807) is 25.7 Å². The summed E-state index contributed by atoms with van der Waals surface area (Å²) in [4.78, 5) is 42.9. The smallest absolute Gasteiger partial charge is 0.408 e. The summed E-state index contributed by atoms with van der Waals surface area (Å²) in [5.74, 6) is -0.610. The van der Waals surface area contributed by atoms with Crippen molar-refractivity contribution in [1.29, 1.82) is 0 Å². The van der Waals surface area contributed by atoms with Crippen LogP contribution in [0.25, 0.3) is 0 Å². The van der Waals surface area contributed by atoms with Crippen molar-refractivity contribution in [2.45, 2.75) is 130 Å². The van der Waals surface area contributed by atoms with Gasteiger partial charge in [0.05, 0.1) is 0 Å². The Morgan fingerprint density at radius 1 is 1.00 bits per heavy atom. The highest BCUT2D eigenvalue weighted by molar-refractivity contribution is 5.93. The first-order chi connectivity index (χ1) is 17.3. The number of hydrogen-bond donors (Lipinski definition) is 2. The maximum atomic E-state index is 14.4. The van der Waals surface area contributed by atoms with Gasteiger partial charge in [-0.15, -0.1) is 0 Å². The van der Waals surface area contributed by atoms with Crippen LogP contribution in [0.15, 0.2) is 30.3 Å². The van der Waals surface area contributed by atoms with Gasteiger partial charge in [0.25, 0.3) is 0 Å². The minimum atomic E-state index is -0.834. The van der Waals surface area contributed by atoms with Gasteiger partial charge < -0.3 is 20.3 Å². The highest BCUT2D eigenvalue weighted by atomic mass is 16.6. The molecular weight excluding hydrogens is 466 g/mol. The third-order valence-corrected chi connectivity index (χ3v) is 7.48. The molecule has 0 saturated heterocycles. The summed E-state index contributed by atoms with van der Waals surface area (Å²) in [7, 11) is 0. The van der Waals surface area contributed by atoms with Gasteiger partial charge in [-0.1, -0.05) is 76.8 Å². The molecular formula is C30H49N3O4. The summed E-state index contributed by atoms with van der Waals surface area (Å²) < 4.78 is 5.50. The highest BCUT2D eigenvalue weighted by Gasteiger charge is 2.44. The summed E-state index contributed by atoms with van der Waals surface area (Å²) in [5.41, 5.74) is -0.587. The largest absolute Gasteiger partial charge is 0.444 e. The maximum Gasteiger partial charge on any atom is 0.408 e. The van der Waals surface area contributed by atoms with Crippen LogP contribution in [-0.4, -0.2) is 46.0 Å². The van der Waals surface area contributed by atoms with Crippen molar-refractivity contribution in [2.24, 2.45) is 5.92 Å². The Balaban J connectivity index is 2.53. The second-order valence-corrected chi connectivity index (χ2v) is 12.0. The Bertz CT molecular complexity index is 888. The molecule has 208 valence electrons. The molecule has 37 heavy (non-hydrogen) atoms. The van der Waals surface area contributed by atoms with Crippen LogP contribution in [0, 0.1) is 5.92 Å². The summed E-state index contributed by atoms with van der Waals surface area (Å²) in [5, 5.41) is 6.10. The van der Waals surface area contributed by atoms with E-state index in [4.69, 9.17) is 4.74 Å². The van der Waals surface area contributed by atoms with Crippen molar-refractivity contribution in [3.8, 4) is 0 Å². The monoisotopic (exact) mass is 515 g/mol. The average molecular weight is 516 g/mol. The van der Waals surface area contributed by atoms with Gasteiger partial charge in [-0.2, -0.15) is 0 Å². The molecule has 7 nitrogen and oxygen atoms in total.